The second-order valence-corrected chi connectivity index (χ2v) is 8.68. The molecule has 0 spiro atoms. The fourth-order valence-electron chi connectivity index (χ4n) is 3.30. The molecular weight excluding hydrogens is 328 g/mol. The lowest BCUT2D eigenvalue weighted by Gasteiger charge is -2.30. The highest BCUT2D eigenvalue weighted by atomic mass is 16.3. The van der Waals surface area contributed by atoms with E-state index in [-0.39, 0.29) is 12.0 Å². The first kappa shape index (κ1) is 23.2. The largest absolute Gasteiger partial charge is 0.396 e. The number of benzene rings is 1. The molecule has 0 amide bonds. The molecule has 148 valence electrons. The second-order valence-electron chi connectivity index (χ2n) is 8.68. The van der Waals surface area contributed by atoms with Gasteiger partial charge in [0.1, 0.15) is 0 Å². The predicted molar refractivity (Wildman–Crippen MR) is 121 cm³/mol. The molecule has 1 N–H and O–H groups in total. The van der Waals surface area contributed by atoms with Crippen LogP contribution in [-0.4, -0.2) is 11.7 Å². The highest BCUT2D eigenvalue weighted by molar-refractivity contribution is 5.72. The Morgan fingerprint density at radius 1 is 1.15 bits per heavy atom. The van der Waals surface area contributed by atoms with Crippen LogP contribution in [0.4, 0.5) is 0 Å². The quantitative estimate of drug-likeness (QED) is 0.492. The van der Waals surface area contributed by atoms with Gasteiger partial charge in [-0.3, -0.25) is 0 Å². The molecule has 1 aromatic carbocycles. The molecule has 0 aliphatic rings. The third kappa shape index (κ3) is 5.81. The van der Waals surface area contributed by atoms with Gasteiger partial charge in [0.25, 0.3) is 0 Å². The minimum absolute atomic E-state index is 0.102. The van der Waals surface area contributed by atoms with Crippen LogP contribution in [0.2, 0.25) is 0 Å². The van der Waals surface area contributed by atoms with Crippen LogP contribution in [-0.2, 0) is 6.42 Å². The molecule has 0 saturated carbocycles. The van der Waals surface area contributed by atoms with Crippen molar-refractivity contribution in [2.75, 3.05) is 6.61 Å². The molecule has 0 heterocycles. The van der Waals surface area contributed by atoms with Gasteiger partial charge in [0, 0.05) is 6.61 Å². The normalized spacial score (nSPS) is 14.3. The Labute approximate surface area is 167 Å². The van der Waals surface area contributed by atoms with Gasteiger partial charge in [-0.1, -0.05) is 63.8 Å². The first-order valence-corrected chi connectivity index (χ1v) is 9.85. The minimum Gasteiger partial charge on any atom is -0.396 e. The smallest absolute Gasteiger partial charge is 0.0484 e. The van der Waals surface area contributed by atoms with Crippen LogP contribution in [0.15, 0.2) is 54.2 Å². The van der Waals surface area contributed by atoms with E-state index in [2.05, 4.69) is 79.0 Å². The molecule has 1 atom stereocenters. The lowest BCUT2D eigenvalue weighted by Crippen LogP contribution is -2.27. The summed E-state index contributed by atoms with van der Waals surface area (Å²) >= 11 is 0. The lowest BCUT2D eigenvalue weighted by atomic mass is 9.76. The van der Waals surface area contributed by atoms with E-state index in [0.29, 0.717) is 5.92 Å². The van der Waals surface area contributed by atoms with Crippen LogP contribution in [0, 0.1) is 25.2 Å². The van der Waals surface area contributed by atoms with E-state index in [1.165, 1.54) is 27.8 Å². The summed E-state index contributed by atoms with van der Waals surface area (Å²) in [5.41, 5.74) is 9.47. The monoisotopic (exact) mass is 366 g/mol. The molecule has 0 aliphatic heterocycles. The molecule has 1 heteroatoms. The van der Waals surface area contributed by atoms with Gasteiger partial charge in [-0.2, -0.15) is 0 Å². The van der Waals surface area contributed by atoms with Crippen molar-refractivity contribution in [3.8, 4) is 0 Å². The Morgan fingerprint density at radius 2 is 1.70 bits per heavy atom. The Morgan fingerprint density at radius 3 is 2.19 bits per heavy atom. The first-order chi connectivity index (χ1) is 12.4. The van der Waals surface area contributed by atoms with Gasteiger partial charge < -0.3 is 5.11 Å². The van der Waals surface area contributed by atoms with Gasteiger partial charge in [-0.05, 0) is 91.3 Å². The summed E-state index contributed by atoms with van der Waals surface area (Å²) in [6.07, 6.45) is 5.18. The van der Waals surface area contributed by atoms with E-state index >= 15 is 0 Å². The van der Waals surface area contributed by atoms with E-state index in [1.54, 1.807) is 0 Å². The van der Waals surface area contributed by atoms with E-state index in [4.69, 9.17) is 0 Å². The number of rotatable bonds is 8. The van der Waals surface area contributed by atoms with Crippen molar-refractivity contribution in [1.29, 1.82) is 0 Å². The Balaban J connectivity index is 3.38. The molecule has 0 saturated heterocycles. The molecule has 0 fully saturated rings. The molecule has 0 aromatic heterocycles. The van der Waals surface area contributed by atoms with Crippen molar-refractivity contribution in [2.24, 2.45) is 11.3 Å². The summed E-state index contributed by atoms with van der Waals surface area (Å²) in [6, 6.07) is 4.60. The summed E-state index contributed by atoms with van der Waals surface area (Å²) in [7, 11) is 0. The fourth-order valence-corrected chi connectivity index (χ4v) is 3.30. The maximum Gasteiger partial charge on any atom is 0.0484 e. The standard InChI is InChI=1S/C26H38O/c1-11-24(17(2)3)20(6)12-21(7)25-14-19(5)18(4)13-23(25)15-22(8)26(9,10)16-27/h11-14,22,27H,2,6,15-16H2,1,3-5,7-10H3/b21-12+,24-11-. The number of aliphatic hydroxyl groups excluding tert-OH is 1. The molecule has 1 rings (SSSR count). The summed E-state index contributed by atoms with van der Waals surface area (Å²) in [5, 5.41) is 9.74. The zero-order valence-corrected chi connectivity index (χ0v) is 18.7. The van der Waals surface area contributed by atoms with Gasteiger partial charge in [-0.15, -0.1) is 0 Å². The van der Waals surface area contributed by atoms with Crippen molar-refractivity contribution >= 4 is 5.57 Å². The topological polar surface area (TPSA) is 20.2 Å². The van der Waals surface area contributed by atoms with E-state index in [1.807, 2.05) is 13.8 Å². The van der Waals surface area contributed by atoms with Crippen LogP contribution >= 0.6 is 0 Å². The summed E-state index contributed by atoms with van der Waals surface area (Å²) in [6.45, 7) is 25.5. The molecule has 1 aromatic rings. The van der Waals surface area contributed by atoms with Crippen molar-refractivity contribution in [1.82, 2.24) is 0 Å². The van der Waals surface area contributed by atoms with Gasteiger partial charge in [0.15, 0.2) is 0 Å². The maximum atomic E-state index is 9.74. The average Bonchev–Trinajstić information content (AvgIpc) is 2.57. The van der Waals surface area contributed by atoms with Crippen LogP contribution in [0.25, 0.3) is 5.57 Å². The number of aryl methyl sites for hydroxylation is 2. The maximum absolute atomic E-state index is 9.74. The van der Waals surface area contributed by atoms with Crippen molar-refractivity contribution < 1.29 is 5.11 Å². The summed E-state index contributed by atoms with van der Waals surface area (Å²) in [5.74, 6) is 0.376. The zero-order chi connectivity index (χ0) is 20.9. The predicted octanol–water partition coefficient (Wildman–Crippen LogP) is 6.98. The van der Waals surface area contributed by atoms with E-state index in [0.717, 1.165) is 23.1 Å². The fraction of sp³-hybridized carbons (Fsp3) is 0.462. The summed E-state index contributed by atoms with van der Waals surface area (Å²) in [4.78, 5) is 0. The molecule has 0 bridgehead atoms. The van der Waals surface area contributed by atoms with Crippen LogP contribution in [0.1, 0.15) is 63.8 Å². The molecule has 1 unspecified atom stereocenters. The Bertz CT molecular complexity index is 772. The highest BCUT2D eigenvalue weighted by Crippen LogP contribution is 2.33. The molecule has 27 heavy (non-hydrogen) atoms. The van der Waals surface area contributed by atoms with Gasteiger partial charge >= 0.3 is 0 Å². The Hall–Kier alpha value is -1.86. The van der Waals surface area contributed by atoms with Gasteiger partial charge in [-0.25, -0.2) is 0 Å². The first-order valence-electron chi connectivity index (χ1n) is 9.85. The van der Waals surface area contributed by atoms with Crippen LogP contribution < -0.4 is 0 Å². The number of hydrogen-bond donors (Lipinski definition) is 1. The number of aliphatic hydroxyl groups is 1. The molecule has 0 radical (unpaired) electrons. The second kappa shape index (κ2) is 9.37. The van der Waals surface area contributed by atoms with Crippen molar-refractivity contribution in [2.45, 2.75) is 61.8 Å². The van der Waals surface area contributed by atoms with E-state index in [9.17, 15) is 5.11 Å². The lowest BCUT2D eigenvalue weighted by molar-refractivity contribution is 0.105. The van der Waals surface area contributed by atoms with Crippen molar-refractivity contribution in [3.63, 3.8) is 0 Å². The third-order valence-electron chi connectivity index (χ3n) is 5.90. The number of hydrogen-bond acceptors (Lipinski definition) is 1. The molecular formula is C26H38O. The van der Waals surface area contributed by atoms with Crippen molar-refractivity contribution in [3.05, 3.63) is 76.4 Å². The molecule has 1 nitrogen and oxygen atoms in total. The summed E-state index contributed by atoms with van der Waals surface area (Å²) < 4.78 is 0. The van der Waals surface area contributed by atoms with Gasteiger partial charge in [0.2, 0.25) is 0 Å². The average molecular weight is 367 g/mol. The van der Waals surface area contributed by atoms with E-state index < -0.39 is 0 Å². The Kier molecular flexibility index (Phi) is 8.04. The number of allylic oxidation sites excluding steroid dienone is 6. The molecule has 0 aliphatic carbocycles. The minimum atomic E-state index is -0.102. The SMILES string of the molecule is C=C(C)/C(=C/C)C(=C)/C=C(\C)c1cc(C)c(C)cc1CC(C)C(C)(C)CO. The van der Waals surface area contributed by atoms with Crippen LogP contribution in [0.3, 0.4) is 0 Å². The van der Waals surface area contributed by atoms with Crippen LogP contribution in [0.5, 0.6) is 0 Å². The third-order valence-corrected chi connectivity index (χ3v) is 5.90. The van der Waals surface area contributed by atoms with Gasteiger partial charge in [0.05, 0.1) is 0 Å². The zero-order valence-electron chi connectivity index (χ0n) is 18.7. The highest BCUT2D eigenvalue weighted by Gasteiger charge is 2.26.